The lowest BCUT2D eigenvalue weighted by molar-refractivity contribution is -0.126. The Morgan fingerprint density at radius 3 is 2.33 bits per heavy atom. The van der Waals surface area contributed by atoms with Crippen LogP contribution >= 0.6 is 11.6 Å². The molecule has 0 aromatic heterocycles. The van der Waals surface area contributed by atoms with Gasteiger partial charge in [-0.05, 0) is 13.8 Å². The summed E-state index contributed by atoms with van der Waals surface area (Å²) in [5.41, 5.74) is 0.816. The summed E-state index contributed by atoms with van der Waals surface area (Å²) in [5, 5.41) is 1.39. The molecule has 3 nitrogen and oxygen atoms in total. The van der Waals surface area contributed by atoms with Crippen molar-refractivity contribution in [1.82, 2.24) is 5.32 Å². The summed E-state index contributed by atoms with van der Waals surface area (Å²) in [6, 6.07) is 0. The molecule has 0 fully saturated rings. The molecule has 0 rings (SSSR count). The molecular weight excluding hydrogens is 178 g/mol. The number of carbonyl (C=O) groups is 2. The molecule has 0 bridgehead atoms. The van der Waals surface area contributed by atoms with Crippen LogP contribution in [0.4, 0.5) is 0 Å². The van der Waals surface area contributed by atoms with Crippen LogP contribution in [0.1, 0.15) is 13.8 Å². The molecule has 0 aromatic carbocycles. The van der Waals surface area contributed by atoms with Crippen LogP contribution in [0.25, 0.3) is 0 Å². The molecule has 0 aliphatic heterocycles. The highest BCUT2D eigenvalue weighted by Gasteiger charge is 2.18. The maximum absolute atomic E-state index is 11.0. The Morgan fingerprint density at radius 2 is 2.00 bits per heavy atom. The summed E-state index contributed by atoms with van der Waals surface area (Å²) in [4.78, 5) is 21.6. The monoisotopic (exact) mass is 189 g/mol. The van der Waals surface area contributed by atoms with E-state index in [9.17, 15) is 9.59 Å². The van der Waals surface area contributed by atoms with Gasteiger partial charge in [0.05, 0.1) is 0 Å². The zero-order valence-electron chi connectivity index (χ0n) is 7.19. The smallest absolute Gasteiger partial charge is 0.245 e. The van der Waals surface area contributed by atoms with E-state index in [1.807, 2.05) is 0 Å². The van der Waals surface area contributed by atoms with Gasteiger partial charge in [0, 0.05) is 6.54 Å². The minimum absolute atomic E-state index is 0.351. The average Bonchev–Trinajstić information content (AvgIpc) is 1.98. The van der Waals surface area contributed by atoms with Gasteiger partial charge in [0.1, 0.15) is 0 Å². The standard InChI is InChI=1S/C8H12ClNO2/c1-5(2)4-10-8(12)7(9)6(3)11/h7H,1,4H2,2-3H3,(H,10,12). The summed E-state index contributed by atoms with van der Waals surface area (Å²) in [6.07, 6.45) is 0. The van der Waals surface area contributed by atoms with Gasteiger partial charge in [-0.15, -0.1) is 11.6 Å². The molecule has 68 valence electrons. The fourth-order valence-electron chi connectivity index (χ4n) is 0.512. The van der Waals surface area contributed by atoms with Crippen molar-refractivity contribution in [3.63, 3.8) is 0 Å². The van der Waals surface area contributed by atoms with E-state index in [1.165, 1.54) is 6.92 Å². The van der Waals surface area contributed by atoms with Crippen molar-refractivity contribution in [3.05, 3.63) is 12.2 Å². The molecule has 0 aromatic rings. The van der Waals surface area contributed by atoms with Gasteiger partial charge in [0.25, 0.3) is 0 Å². The van der Waals surface area contributed by atoms with E-state index >= 15 is 0 Å². The molecular formula is C8H12ClNO2. The van der Waals surface area contributed by atoms with Crippen molar-refractivity contribution in [3.8, 4) is 0 Å². The lowest BCUT2D eigenvalue weighted by atomic mass is 10.3. The van der Waals surface area contributed by atoms with Gasteiger partial charge in [0.2, 0.25) is 5.91 Å². The molecule has 0 heterocycles. The molecule has 1 atom stereocenters. The molecule has 1 N–H and O–H groups in total. The Labute approximate surface area is 76.8 Å². The van der Waals surface area contributed by atoms with E-state index in [0.717, 1.165) is 5.57 Å². The second-order valence-corrected chi connectivity index (χ2v) is 3.08. The van der Waals surface area contributed by atoms with Crippen LogP contribution < -0.4 is 5.32 Å². The van der Waals surface area contributed by atoms with Gasteiger partial charge in [-0.1, -0.05) is 12.2 Å². The molecule has 12 heavy (non-hydrogen) atoms. The lowest BCUT2D eigenvalue weighted by Gasteiger charge is -2.06. The molecule has 4 heteroatoms. The summed E-state index contributed by atoms with van der Waals surface area (Å²) in [5.74, 6) is -0.817. The third-order valence-corrected chi connectivity index (χ3v) is 1.66. The molecule has 0 saturated heterocycles. The Morgan fingerprint density at radius 1 is 1.50 bits per heavy atom. The van der Waals surface area contributed by atoms with Gasteiger partial charge >= 0.3 is 0 Å². The van der Waals surface area contributed by atoms with Crippen LogP contribution in [-0.2, 0) is 9.59 Å². The maximum Gasteiger partial charge on any atom is 0.245 e. The quantitative estimate of drug-likeness (QED) is 0.405. The second-order valence-electron chi connectivity index (χ2n) is 2.65. The van der Waals surface area contributed by atoms with Crippen LogP contribution in [0.2, 0.25) is 0 Å². The highest BCUT2D eigenvalue weighted by Crippen LogP contribution is 1.97. The first-order chi connectivity index (χ1) is 5.45. The van der Waals surface area contributed by atoms with Crippen LogP contribution in [0, 0.1) is 0 Å². The van der Waals surface area contributed by atoms with Crippen LogP contribution in [0.3, 0.4) is 0 Å². The second kappa shape index (κ2) is 4.93. The van der Waals surface area contributed by atoms with Gasteiger partial charge in [-0.3, -0.25) is 9.59 Å². The zero-order valence-corrected chi connectivity index (χ0v) is 7.94. The summed E-state index contributed by atoms with van der Waals surface area (Å²) < 4.78 is 0. The predicted octanol–water partition coefficient (Wildman–Crippen LogP) is 0.875. The van der Waals surface area contributed by atoms with E-state index in [2.05, 4.69) is 11.9 Å². The number of halogens is 1. The summed E-state index contributed by atoms with van der Waals surface area (Å²) in [6.45, 7) is 7.00. The first-order valence-corrected chi connectivity index (χ1v) is 3.95. The third kappa shape index (κ3) is 4.13. The van der Waals surface area contributed by atoms with E-state index in [1.54, 1.807) is 6.92 Å². The molecule has 0 aliphatic rings. The zero-order chi connectivity index (χ0) is 9.72. The normalized spacial score (nSPS) is 11.9. The van der Waals surface area contributed by atoms with Crippen LogP contribution in [0.5, 0.6) is 0 Å². The van der Waals surface area contributed by atoms with Crippen LogP contribution in [0.15, 0.2) is 12.2 Å². The third-order valence-electron chi connectivity index (χ3n) is 1.15. The number of alkyl halides is 1. The Balaban J connectivity index is 3.88. The average molecular weight is 190 g/mol. The Kier molecular flexibility index (Phi) is 4.59. The minimum atomic E-state index is -1.08. The lowest BCUT2D eigenvalue weighted by Crippen LogP contribution is -2.35. The highest BCUT2D eigenvalue weighted by atomic mass is 35.5. The van der Waals surface area contributed by atoms with E-state index in [4.69, 9.17) is 11.6 Å². The number of amides is 1. The van der Waals surface area contributed by atoms with Crippen molar-refractivity contribution < 1.29 is 9.59 Å². The van der Waals surface area contributed by atoms with Gasteiger partial charge < -0.3 is 5.32 Å². The Bertz CT molecular complexity index is 213. The first kappa shape index (κ1) is 11.2. The molecule has 0 radical (unpaired) electrons. The number of rotatable bonds is 4. The van der Waals surface area contributed by atoms with Gasteiger partial charge in [0.15, 0.2) is 11.2 Å². The fraction of sp³-hybridized carbons (Fsp3) is 0.500. The number of carbonyl (C=O) groups excluding carboxylic acids is 2. The number of nitrogens with one attached hydrogen (secondary N) is 1. The molecule has 1 unspecified atom stereocenters. The van der Waals surface area contributed by atoms with E-state index in [0.29, 0.717) is 6.54 Å². The molecule has 0 spiro atoms. The molecule has 1 amide bonds. The predicted molar refractivity (Wildman–Crippen MR) is 48.1 cm³/mol. The molecule has 0 saturated carbocycles. The van der Waals surface area contributed by atoms with Crippen molar-refractivity contribution in [1.29, 1.82) is 0 Å². The first-order valence-electron chi connectivity index (χ1n) is 3.51. The number of Topliss-reactive ketones (excluding diaryl/α,β-unsaturated/α-hetero) is 1. The summed E-state index contributed by atoms with van der Waals surface area (Å²) >= 11 is 5.46. The largest absolute Gasteiger partial charge is 0.351 e. The number of hydrogen-bond acceptors (Lipinski definition) is 2. The van der Waals surface area contributed by atoms with E-state index < -0.39 is 11.3 Å². The maximum atomic E-state index is 11.0. The fourth-order valence-corrected chi connectivity index (χ4v) is 0.589. The Hall–Kier alpha value is -0.830. The SMILES string of the molecule is C=C(C)CNC(=O)C(Cl)C(C)=O. The topological polar surface area (TPSA) is 46.2 Å². The van der Waals surface area contributed by atoms with Crippen molar-refractivity contribution in [2.45, 2.75) is 19.2 Å². The number of ketones is 1. The van der Waals surface area contributed by atoms with E-state index in [-0.39, 0.29) is 5.78 Å². The minimum Gasteiger partial charge on any atom is -0.351 e. The van der Waals surface area contributed by atoms with Gasteiger partial charge in [-0.25, -0.2) is 0 Å². The van der Waals surface area contributed by atoms with Gasteiger partial charge in [-0.2, -0.15) is 0 Å². The highest BCUT2D eigenvalue weighted by molar-refractivity contribution is 6.41. The number of hydrogen-bond donors (Lipinski definition) is 1. The molecule has 0 aliphatic carbocycles. The van der Waals surface area contributed by atoms with Crippen molar-refractivity contribution in [2.24, 2.45) is 0 Å². The van der Waals surface area contributed by atoms with Crippen molar-refractivity contribution in [2.75, 3.05) is 6.54 Å². The summed E-state index contributed by atoms with van der Waals surface area (Å²) in [7, 11) is 0. The van der Waals surface area contributed by atoms with Crippen molar-refractivity contribution >= 4 is 23.3 Å². The van der Waals surface area contributed by atoms with Crippen LogP contribution in [-0.4, -0.2) is 23.6 Å².